The molecule has 4 nitrogen and oxygen atoms in total. The minimum absolute atomic E-state index is 0.101. The average molecular weight is 287 g/mol. The number of halogens is 2. The van der Waals surface area contributed by atoms with Crippen LogP contribution in [-0.4, -0.2) is 30.8 Å². The first-order valence-corrected chi connectivity index (χ1v) is 6.40. The second-order valence-electron chi connectivity index (χ2n) is 3.87. The van der Waals surface area contributed by atoms with Crippen molar-refractivity contribution in [1.82, 2.24) is 0 Å². The number of rotatable bonds is 1. The summed E-state index contributed by atoms with van der Waals surface area (Å²) in [5, 5.41) is 0.761. The fraction of sp³-hybridized carbons (Fsp3) is 0.273. The Morgan fingerprint density at radius 3 is 3.17 bits per heavy atom. The van der Waals surface area contributed by atoms with Gasteiger partial charge in [-0.05, 0) is 23.9 Å². The molecule has 7 heteroatoms. The lowest BCUT2D eigenvalue weighted by molar-refractivity contribution is -0.141. The number of ether oxygens (including phenoxy) is 1. The summed E-state index contributed by atoms with van der Waals surface area (Å²) in [5.74, 6) is -0.818. The SMILES string of the molecule is COC(=O)C1CN2C(=N1)Sc1c2ccc(F)c1Cl. The molecule has 1 aromatic rings. The van der Waals surface area contributed by atoms with E-state index < -0.39 is 11.9 Å². The average Bonchev–Trinajstić information content (AvgIpc) is 2.90. The third-order valence-electron chi connectivity index (χ3n) is 2.84. The van der Waals surface area contributed by atoms with Crippen LogP contribution >= 0.6 is 23.4 Å². The fourth-order valence-corrected chi connectivity index (χ4v) is 3.35. The van der Waals surface area contributed by atoms with E-state index in [9.17, 15) is 9.18 Å². The number of anilines is 1. The normalized spacial score (nSPS) is 20.5. The molecule has 2 heterocycles. The molecule has 18 heavy (non-hydrogen) atoms. The zero-order chi connectivity index (χ0) is 12.9. The van der Waals surface area contributed by atoms with Gasteiger partial charge in [-0.3, -0.25) is 0 Å². The van der Waals surface area contributed by atoms with Crippen LogP contribution in [0.5, 0.6) is 0 Å². The van der Waals surface area contributed by atoms with Gasteiger partial charge in [0.15, 0.2) is 11.2 Å². The van der Waals surface area contributed by atoms with Gasteiger partial charge in [0, 0.05) is 0 Å². The van der Waals surface area contributed by atoms with Crippen molar-refractivity contribution in [2.24, 2.45) is 4.99 Å². The summed E-state index contributed by atoms with van der Waals surface area (Å²) in [6.07, 6.45) is 0. The maximum absolute atomic E-state index is 13.3. The number of methoxy groups -OCH3 is 1. The molecule has 0 spiro atoms. The van der Waals surface area contributed by atoms with E-state index in [4.69, 9.17) is 11.6 Å². The molecular weight excluding hydrogens is 279 g/mol. The van der Waals surface area contributed by atoms with Crippen LogP contribution in [0.4, 0.5) is 10.1 Å². The van der Waals surface area contributed by atoms with Gasteiger partial charge in [-0.15, -0.1) is 0 Å². The number of esters is 1. The fourth-order valence-electron chi connectivity index (χ4n) is 1.96. The minimum Gasteiger partial charge on any atom is -0.467 e. The highest BCUT2D eigenvalue weighted by Crippen LogP contribution is 2.47. The second kappa shape index (κ2) is 4.13. The quantitative estimate of drug-likeness (QED) is 0.743. The Morgan fingerprint density at radius 2 is 2.44 bits per heavy atom. The van der Waals surface area contributed by atoms with Crippen LogP contribution in [0.25, 0.3) is 0 Å². The van der Waals surface area contributed by atoms with Gasteiger partial charge >= 0.3 is 5.97 Å². The topological polar surface area (TPSA) is 41.9 Å². The Labute approximate surface area is 112 Å². The van der Waals surface area contributed by atoms with Gasteiger partial charge in [0.2, 0.25) is 0 Å². The Hall–Kier alpha value is -1.27. The molecule has 0 saturated heterocycles. The summed E-state index contributed by atoms with van der Waals surface area (Å²) in [7, 11) is 1.33. The van der Waals surface area contributed by atoms with Gasteiger partial charge in [0.05, 0.1) is 29.3 Å². The molecule has 1 atom stereocenters. The lowest BCUT2D eigenvalue weighted by atomic mass is 10.2. The smallest absolute Gasteiger partial charge is 0.332 e. The number of carbonyl (C=O) groups is 1. The van der Waals surface area contributed by atoms with Crippen molar-refractivity contribution in [2.45, 2.75) is 10.9 Å². The molecule has 0 radical (unpaired) electrons. The molecule has 94 valence electrons. The Kier molecular flexibility index (Phi) is 2.71. The lowest BCUT2D eigenvalue weighted by Gasteiger charge is -2.14. The van der Waals surface area contributed by atoms with Crippen LogP contribution < -0.4 is 4.90 Å². The van der Waals surface area contributed by atoms with Crippen molar-refractivity contribution in [3.8, 4) is 0 Å². The van der Waals surface area contributed by atoms with E-state index in [1.807, 2.05) is 4.90 Å². The van der Waals surface area contributed by atoms with Crippen LogP contribution in [0.1, 0.15) is 0 Å². The summed E-state index contributed by atoms with van der Waals surface area (Å²) in [6, 6.07) is 2.44. The van der Waals surface area contributed by atoms with Crippen LogP contribution in [0.15, 0.2) is 22.0 Å². The Bertz CT molecular complexity index is 578. The van der Waals surface area contributed by atoms with E-state index >= 15 is 0 Å². The van der Waals surface area contributed by atoms with Gasteiger partial charge in [-0.25, -0.2) is 14.2 Å². The number of hydrogen-bond donors (Lipinski definition) is 0. The number of aliphatic imine (C=N–C) groups is 1. The molecule has 3 rings (SSSR count). The first kappa shape index (κ1) is 11.8. The van der Waals surface area contributed by atoms with Crippen molar-refractivity contribution in [1.29, 1.82) is 0 Å². The monoisotopic (exact) mass is 286 g/mol. The van der Waals surface area contributed by atoms with Crippen LogP contribution in [-0.2, 0) is 9.53 Å². The summed E-state index contributed by atoms with van der Waals surface area (Å²) in [6.45, 7) is 0.407. The van der Waals surface area contributed by atoms with Gasteiger partial charge in [0.25, 0.3) is 0 Å². The number of nitrogens with zero attached hydrogens (tertiary/aromatic N) is 2. The Morgan fingerprint density at radius 1 is 1.67 bits per heavy atom. The highest BCUT2D eigenvalue weighted by atomic mass is 35.5. The highest BCUT2D eigenvalue weighted by Gasteiger charge is 2.38. The number of carbonyl (C=O) groups excluding carboxylic acids is 1. The molecule has 0 aromatic heterocycles. The zero-order valence-corrected chi connectivity index (χ0v) is 10.9. The maximum Gasteiger partial charge on any atom is 0.332 e. The van der Waals surface area contributed by atoms with Gasteiger partial charge in [-0.1, -0.05) is 11.6 Å². The van der Waals surface area contributed by atoms with Crippen molar-refractivity contribution >= 4 is 40.2 Å². The molecule has 0 saturated carbocycles. The molecule has 0 aliphatic carbocycles. The summed E-state index contributed by atoms with van der Waals surface area (Å²) in [4.78, 5) is 18.2. The van der Waals surface area contributed by atoms with Crippen LogP contribution in [0.2, 0.25) is 5.02 Å². The van der Waals surface area contributed by atoms with Crippen LogP contribution in [0, 0.1) is 5.82 Å². The standard InChI is InChI=1S/C11H8ClFN2O2S/c1-17-10(16)6-4-15-7-3-2-5(13)8(12)9(7)18-11(15)14-6/h2-3,6H,4H2,1H3. The van der Waals surface area contributed by atoms with E-state index in [0.29, 0.717) is 16.6 Å². The predicted molar refractivity (Wildman–Crippen MR) is 67.9 cm³/mol. The zero-order valence-electron chi connectivity index (χ0n) is 9.31. The molecule has 2 aliphatic rings. The van der Waals surface area contributed by atoms with E-state index in [2.05, 4.69) is 9.73 Å². The summed E-state index contributed by atoms with van der Waals surface area (Å²) >= 11 is 7.18. The predicted octanol–water partition coefficient (Wildman–Crippen LogP) is 2.30. The highest BCUT2D eigenvalue weighted by molar-refractivity contribution is 8.15. The summed E-state index contributed by atoms with van der Waals surface area (Å²) < 4.78 is 18.0. The van der Waals surface area contributed by atoms with E-state index in [1.165, 1.54) is 24.9 Å². The second-order valence-corrected chi connectivity index (χ2v) is 5.23. The van der Waals surface area contributed by atoms with E-state index in [0.717, 1.165) is 5.69 Å². The first-order chi connectivity index (χ1) is 8.61. The molecule has 1 unspecified atom stereocenters. The molecule has 2 aliphatic heterocycles. The number of thioether (sulfide) groups is 1. The molecule has 0 bridgehead atoms. The third kappa shape index (κ3) is 1.59. The third-order valence-corrected chi connectivity index (χ3v) is 4.45. The number of hydrogen-bond acceptors (Lipinski definition) is 5. The van der Waals surface area contributed by atoms with Gasteiger partial charge in [-0.2, -0.15) is 0 Å². The largest absolute Gasteiger partial charge is 0.467 e. The van der Waals surface area contributed by atoms with E-state index in [1.54, 1.807) is 6.07 Å². The lowest BCUT2D eigenvalue weighted by Crippen LogP contribution is -2.29. The molecular formula is C11H8ClFN2O2S. The molecule has 0 fully saturated rings. The van der Waals surface area contributed by atoms with Crippen molar-refractivity contribution in [3.05, 3.63) is 23.0 Å². The number of fused-ring (bicyclic) bond motifs is 3. The molecule has 0 N–H and O–H groups in total. The van der Waals surface area contributed by atoms with E-state index in [-0.39, 0.29) is 11.0 Å². The van der Waals surface area contributed by atoms with Gasteiger partial charge in [0.1, 0.15) is 5.82 Å². The van der Waals surface area contributed by atoms with Crippen molar-refractivity contribution < 1.29 is 13.9 Å². The number of amidine groups is 1. The first-order valence-electron chi connectivity index (χ1n) is 5.21. The molecule has 1 aromatic carbocycles. The van der Waals surface area contributed by atoms with Gasteiger partial charge < -0.3 is 9.64 Å². The van der Waals surface area contributed by atoms with Crippen molar-refractivity contribution in [3.63, 3.8) is 0 Å². The Balaban J connectivity index is 1.96. The van der Waals surface area contributed by atoms with Crippen LogP contribution in [0.3, 0.4) is 0 Å². The van der Waals surface area contributed by atoms with Crippen molar-refractivity contribution in [2.75, 3.05) is 18.6 Å². The number of benzene rings is 1. The summed E-state index contributed by atoms with van der Waals surface area (Å²) in [5.41, 5.74) is 0.788. The minimum atomic E-state index is -0.519. The molecule has 0 amide bonds. The maximum atomic E-state index is 13.3.